The monoisotopic (exact) mass is 386 g/mol. The van der Waals surface area contributed by atoms with Crippen LogP contribution in [0.2, 0.25) is 5.28 Å². The molecule has 1 aromatic carbocycles. The predicted octanol–water partition coefficient (Wildman–Crippen LogP) is 3.85. The maximum absolute atomic E-state index is 12.9. The molecule has 0 amide bonds. The molecule has 0 fully saturated rings. The highest BCUT2D eigenvalue weighted by molar-refractivity contribution is 6.28. The Morgan fingerprint density at radius 2 is 1.89 bits per heavy atom. The zero-order valence-corrected chi connectivity index (χ0v) is 15.1. The lowest BCUT2D eigenvalue weighted by Crippen LogP contribution is -2.04. The van der Waals surface area contributed by atoms with E-state index in [9.17, 15) is 4.79 Å². The Morgan fingerprint density at radius 1 is 1.00 bits per heavy atom. The van der Waals surface area contributed by atoms with Crippen molar-refractivity contribution in [3.63, 3.8) is 0 Å². The number of ketones is 1. The van der Waals surface area contributed by atoms with E-state index < -0.39 is 0 Å². The Hall–Kier alpha value is -3.71. The molecular weight excluding hydrogens is 376 g/mol. The quantitative estimate of drug-likeness (QED) is 0.373. The molecule has 0 aliphatic carbocycles. The highest BCUT2D eigenvalue weighted by atomic mass is 35.5. The largest absolute Gasteiger partial charge is 0.320 e. The summed E-state index contributed by atoms with van der Waals surface area (Å²) in [5.74, 6) is -0.106. The van der Waals surface area contributed by atoms with Gasteiger partial charge in [0.25, 0.3) is 0 Å². The van der Waals surface area contributed by atoms with E-state index in [1.54, 1.807) is 30.7 Å². The van der Waals surface area contributed by atoms with Gasteiger partial charge in [-0.2, -0.15) is 4.98 Å². The van der Waals surface area contributed by atoms with E-state index in [4.69, 9.17) is 11.6 Å². The third-order valence-electron chi connectivity index (χ3n) is 4.39. The van der Waals surface area contributed by atoms with Crippen LogP contribution in [0.3, 0.4) is 0 Å². The van der Waals surface area contributed by atoms with Crippen molar-refractivity contribution >= 4 is 39.3 Å². The van der Waals surface area contributed by atoms with E-state index in [0.717, 1.165) is 16.3 Å². The van der Waals surface area contributed by atoms with E-state index in [-0.39, 0.29) is 16.9 Å². The maximum atomic E-state index is 12.9. The van der Waals surface area contributed by atoms with Crippen LogP contribution in [0.4, 0.5) is 0 Å². The molecule has 0 unspecified atom stereocenters. The molecule has 0 atom stereocenters. The van der Waals surface area contributed by atoms with Crippen molar-refractivity contribution in [3.05, 3.63) is 77.9 Å². The second-order valence-electron chi connectivity index (χ2n) is 6.13. The van der Waals surface area contributed by atoms with Gasteiger partial charge in [0.15, 0.2) is 11.5 Å². The zero-order valence-electron chi connectivity index (χ0n) is 14.3. The molecule has 0 saturated carbocycles. The number of pyridine rings is 2. The van der Waals surface area contributed by atoms with Gasteiger partial charge >= 0.3 is 0 Å². The minimum Gasteiger partial charge on any atom is -0.320 e. The van der Waals surface area contributed by atoms with Crippen molar-refractivity contribution in [1.29, 1.82) is 0 Å². The SMILES string of the molecule is O=C(c1ccnc(-c2cncc3ccccc23)c1)c1nc2cnc(Cl)nc2[nH]1. The number of aromatic nitrogens is 6. The fourth-order valence-electron chi connectivity index (χ4n) is 3.07. The molecule has 4 aromatic heterocycles. The van der Waals surface area contributed by atoms with Crippen LogP contribution in [0.5, 0.6) is 0 Å². The molecule has 1 N–H and O–H groups in total. The first-order valence-electron chi connectivity index (χ1n) is 8.41. The minimum atomic E-state index is -0.272. The molecule has 7 nitrogen and oxygen atoms in total. The van der Waals surface area contributed by atoms with Gasteiger partial charge in [0, 0.05) is 35.1 Å². The summed E-state index contributed by atoms with van der Waals surface area (Å²) in [5.41, 5.74) is 2.86. The third kappa shape index (κ3) is 2.78. The summed E-state index contributed by atoms with van der Waals surface area (Å²) in [4.78, 5) is 36.7. The van der Waals surface area contributed by atoms with Crippen LogP contribution >= 0.6 is 11.6 Å². The van der Waals surface area contributed by atoms with E-state index in [2.05, 4.69) is 29.9 Å². The van der Waals surface area contributed by atoms with E-state index in [0.29, 0.717) is 22.4 Å². The topological polar surface area (TPSA) is 97.3 Å². The molecule has 0 radical (unpaired) electrons. The standard InChI is InChI=1S/C20H11ClN6O/c21-20-24-10-16-18(27-20)26-19(25-16)17(28)11-5-6-23-15(7-11)14-9-22-8-12-3-1-2-4-13(12)14/h1-10H,(H,24,25,26,27). The summed E-state index contributed by atoms with van der Waals surface area (Å²) in [5, 5.41) is 2.11. The van der Waals surface area contributed by atoms with E-state index in [1.165, 1.54) is 6.20 Å². The minimum absolute atomic E-state index is 0.0878. The number of hydrogen-bond donors (Lipinski definition) is 1. The summed E-state index contributed by atoms with van der Waals surface area (Å²) < 4.78 is 0. The Kier molecular flexibility index (Phi) is 3.80. The number of hydrogen-bond acceptors (Lipinski definition) is 6. The van der Waals surface area contributed by atoms with E-state index >= 15 is 0 Å². The Morgan fingerprint density at radius 3 is 2.82 bits per heavy atom. The van der Waals surface area contributed by atoms with E-state index in [1.807, 2.05) is 24.3 Å². The molecule has 4 heterocycles. The number of carbonyl (C=O) groups is 1. The molecule has 5 rings (SSSR count). The van der Waals surface area contributed by atoms with Gasteiger partial charge in [0.05, 0.1) is 11.9 Å². The molecule has 0 bridgehead atoms. The van der Waals surface area contributed by atoms with Crippen LogP contribution in [0, 0.1) is 0 Å². The highest BCUT2D eigenvalue weighted by Crippen LogP contribution is 2.27. The molecule has 0 spiro atoms. The predicted molar refractivity (Wildman–Crippen MR) is 105 cm³/mol. The smallest absolute Gasteiger partial charge is 0.228 e. The second kappa shape index (κ2) is 6.47. The number of nitrogens with zero attached hydrogens (tertiary/aromatic N) is 5. The summed E-state index contributed by atoms with van der Waals surface area (Å²) in [6.07, 6.45) is 6.62. The molecule has 0 aliphatic rings. The van der Waals surface area contributed by atoms with Gasteiger partial charge in [-0.25, -0.2) is 9.97 Å². The first-order valence-corrected chi connectivity index (χ1v) is 8.79. The third-order valence-corrected chi connectivity index (χ3v) is 4.57. The van der Waals surface area contributed by atoms with Crippen molar-refractivity contribution in [2.75, 3.05) is 0 Å². The lowest BCUT2D eigenvalue weighted by atomic mass is 10.0. The number of halogens is 1. The molecule has 134 valence electrons. The summed E-state index contributed by atoms with van der Waals surface area (Å²) in [7, 11) is 0. The van der Waals surface area contributed by atoms with Gasteiger partial charge in [0.1, 0.15) is 5.52 Å². The Bertz CT molecular complexity index is 1360. The van der Waals surface area contributed by atoms with Crippen LogP contribution in [0.15, 0.2) is 61.2 Å². The lowest BCUT2D eigenvalue weighted by Gasteiger charge is -2.06. The summed E-state index contributed by atoms with van der Waals surface area (Å²) in [6, 6.07) is 11.3. The molecule has 28 heavy (non-hydrogen) atoms. The average molecular weight is 387 g/mol. The van der Waals surface area contributed by atoms with Gasteiger partial charge in [-0.1, -0.05) is 24.3 Å². The molecule has 0 aliphatic heterocycles. The van der Waals surface area contributed by atoms with Crippen LogP contribution in [0.25, 0.3) is 33.2 Å². The van der Waals surface area contributed by atoms with Crippen LogP contribution in [-0.4, -0.2) is 35.7 Å². The number of fused-ring (bicyclic) bond motifs is 2. The van der Waals surface area contributed by atoms with Crippen LogP contribution < -0.4 is 0 Å². The maximum Gasteiger partial charge on any atom is 0.228 e. The molecule has 8 heteroatoms. The van der Waals surface area contributed by atoms with Gasteiger partial charge in [-0.15, -0.1) is 0 Å². The first-order chi connectivity index (χ1) is 13.7. The highest BCUT2D eigenvalue weighted by Gasteiger charge is 2.17. The first kappa shape index (κ1) is 16.5. The van der Waals surface area contributed by atoms with Gasteiger partial charge < -0.3 is 4.98 Å². The average Bonchev–Trinajstić information content (AvgIpc) is 3.16. The second-order valence-corrected chi connectivity index (χ2v) is 6.46. The molecular formula is C20H11ClN6O. The number of aromatic amines is 1. The summed E-state index contributed by atoms with van der Waals surface area (Å²) in [6.45, 7) is 0. The van der Waals surface area contributed by atoms with Crippen LogP contribution in [0.1, 0.15) is 16.2 Å². The summed E-state index contributed by atoms with van der Waals surface area (Å²) >= 11 is 5.79. The number of H-pyrrole nitrogens is 1. The van der Waals surface area contributed by atoms with Crippen molar-refractivity contribution in [1.82, 2.24) is 29.9 Å². The number of nitrogens with one attached hydrogen (secondary N) is 1. The Labute approximate surface area is 163 Å². The van der Waals surface area contributed by atoms with Crippen molar-refractivity contribution in [2.24, 2.45) is 0 Å². The van der Waals surface area contributed by atoms with Crippen LogP contribution in [-0.2, 0) is 0 Å². The number of rotatable bonds is 3. The fourth-order valence-corrected chi connectivity index (χ4v) is 3.21. The van der Waals surface area contributed by atoms with Crippen molar-refractivity contribution in [3.8, 4) is 11.3 Å². The number of carbonyl (C=O) groups excluding carboxylic acids is 1. The van der Waals surface area contributed by atoms with Crippen molar-refractivity contribution < 1.29 is 4.79 Å². The zero-order chi connectivity index (χ0) is 19.1. The lowest BCUT2D eigenvalue weighted by molar-refractivity contribution is 0.103. The fraction of sp³-hybridized carbons (Fsp3) is 0. The number of benzene rings is 1. The van der Waals surface area contributed by atoms with Gasteiger partial charge in [-0.3, -0.25) is 14.8 Å². The Balaban J connectivity index is 1.59. The van der Waals surface area contributed by atoms with Crippen molar-refractivity contribution in [2.45, 2.75) is 0 Å². The number of imidazole rings is 1. The van der Waals surface area contributed by atoms with Gasteiger partial charge in [-0.05, 0) is 29.1 Å². The van der Waals surface area contributed by atoms with Gasteiger partial charge in [0.2, 0.25) is 11.1 Å². The normalized spacial score (nSPS) is 11.2. The molecule has 0 saturated heterocycles. The molecule has 5 aromatic rings.